The zero-order chi connectivity index (χ0) is 10.3. The van der Waals surface area contributed by atoms with Gasteiger partial charge in [-0.15, -0.1) is 0 Å². The van der Waals surface area contributed by atoms with Crippen LogP contribution in [-0.2, 0) is 11.2 Å². The van der Waals surface area contributed by atoms with Crippen molar-refractivity contribution in [3.05, 3.63) is 47.5 Å². The Bertz CT molecular complexity index is 431. The summed E-state index contributed by atoms with van der Waals surface area (Å²) >= 11 is 0. The van der Waals surface area contributed by atoms with E-state index in [4.69, 9.17) is 0 Å². The summed E-state index contributed by atoms with van der Waals surface area (Å²) in [5, 5.41) is 0. The van der Waals surface area contributed by atoms with Gasteiger partial charge in [0, 0.05) is 5.92 Å². The minimum absolute atomic E-state index is 0.255. The Morgan fingerprint density at radius 1 is 1.13 bits per heavy atom. The number of aryl methyl sites for hydroxylation is 1. The highest BCUT2D eigenvalue weighted by Crippen LogP contribution is 2.41. The Labute approximate surface area is 89.8 Å². The van der Waals surface area contributed by atoms with Gasteiger partial charge in [0.1, 0.15) is 0 Å². The summed E-state index contributed by atoms with van der Waals surface area (Å²) in [6.07, 6.45) is 6.94. The van der Waals surface area contributed by atoms with Crippen LogP contribution >= 0.6 is 0 Å². The molecule has 15 heavy (non-hydrogen) atoms. The van der Waals surface area contributed by atoms with Crippen LogP contribution in [0.4, 0.5) is 0 Å². The summed E-state index contributed by atoms with van der Waals surface area (Å²) < 4.78 is 0. The third-order valence-corrected chi connectivity index (χ3v) is 3.70. The van der Waals surface area contributed by atoms with E-state index in [1.807, 2.05) is 6.08 Å². The van der Waals surface area contributed by atoms with Gasteiger partial charge in [-0.2, -0.15) is 0 Å². The lowest BCUT2D eigenvalue weighted by Gasteiger charge is -2.33. The lowest BCUT2D eigenvalue weighted by Crippen LogP contribution is -2.28. The first-order valence-corrected chi connectivity index (χ1v) is 5.64. The van der Waals surface area contributed by atoms with Crippen molar-refractivity contribution < 1.29 is 4.79 Å². The number of carbonyl (C=O) groups excluding carboxylic acids is 1. The molecule has 0 N–H and O–H groups in total. The molecule has 0 spiro atoms. The molecule has 0 bridgehead atoms. The fourth-order valence-electron chi connectivity index (χ4n) is 2.94. The highest BCUT2D eigenvalue weighted by Gasteiger charge is 2.34. The van der Waals surface area contributed by atoms with Gasteiger partial charge in [-0.25, -0.2) is 0 Å². The molecule has 1 aromatic rings. The number of benzene rings is 1. The Hall–Kier alpha value is -1.37. The summed E-state index contributed by atoms with van der Waals surface area (Å²) in [4.78, 5) is 11.8. The van der Waals surface area contributed by atoms with E-state index in [0.717, 1.165) is 19.3 Å². The molecule has 0 saturated carbocycles. The molecule has 0 amide bonds. The first kappa shape index (κ1) is 8.90. The van der Waals surface area contributed by atoms with Crippen molar-refractivity contribution in [2.75, 3.05) is 0 Å². The number of hydrogen-bond acceptors (Lipinski definition) is 1. The molecule has 0 unspecified atom stereocenters. The first-order chi connectivity index (χ1) is 7.36. The normalized spacial score (nSPS) is 28.4. The summed E-state index contributed by atoms with van der Waals surface area (Å²) in [6.45, 7) is 0. The molecular weight excluding hydrogens is 184 g/mol. The second-order valence-corrected chi connectivity index (χ2v) is 4.49. The van der Waals surface area contributed by atoms with Gasteiger partial charge in [-0.05, 0) is 42.4 Å². The highest BCUT2D eigenvalue weighted by molar-refractivity contribution is 5.93. The van der Waals surface area contributed by atoms with E-state index in [1.54, 1.807) is 6.08 Å². The fourth-order valence-corrected chi connectivity index (χ4v) is 2.94. The molecule has 2 aliphatic rings. The number of hydrogen-bond donors (Lipinski definition) is 0. The van der Waals surface area contributed by atoms with Crippen LogP contribution in [-0.4, -0.2) is 5.78 Å². The predicted molar refractivity (Wildman–Crippen MR) is 59.8 cm³/mol. The van der Waals surface area contributed by atoms with Crippen molar-refractivity contribution >= 4 is 5.78 Å². The fraction of sp³-hybridized carbons (Fsp3) is 0.357. The van der Waals surface area contributed by atoms with Gasteiger partial charge in [0.25, 0.3) is 0 Å². The Morgan fingerprint density at radius 3 is 2.93 bits per heavy atom. The highest BCUT2D eigenvalue weighted by atomic mass is 16.1. The van der Waals surface area contributed by atoms with Crippen molar-refractivity contribution in [2.45, 2.75) is 25.2 Å². The lowest BCUT2D eigenvalue weighted by molar-refractivity contribution is -0.119. The topological polar surface area (TPSA) is 17.1 Å². The largest absolute Gasteiger partial charge is 0.295 e. The second-order valence-electron chi connectivity index (χ2n) is 4.49. The van der Waals surface area contributed by atoms with E-state index in [0.29, 0.717) is 11.7 Å². The first-order valence-electron chi connectivity index (χ1n) is 5.64. The van der Waals surface area contributed by atoms with Crippen molar-refractivity contribution in [1.29, 1.82) is 0 Å². The van der Waals surface area contributed by atoms with E-state index in [2.05, 4.69) is 24.3 Å². The maximum absolute atomic E-state index is 11.8. The van der Waals surface area contributed by atoms with Crippen LogP contribution < -0.4 is 0 Å². The van der Waals surface area contributed by atoms with E-state index in [1.165, 1.54) is 11.1 Å². The van der Waals surface area contributed by atoms with Gasteiger partial charge in [0.15, 0.2) is 5.78 Å². The number of carbonyl (C=O) groups is 1. The minimum atomic E-state index is 0.255. The van der Waals surface area contributed by atoms with Gasteiger partial charge in [0.05, 0.1) is 0 Å². The van der Waals surface area contributed by atoms with Crippen molar-refractivity contribution in [3.63, 3.8) is 0 Å². The molecular formula is C14H14O. The molecule has 3 rings (SSSR count). The Kier molecular flexibility index (Phi) is 1.98. The molecule has 0 fully saturated rings. The Balaban J connectivity index is 2.07. The Morgan fingerprint density at radius 2 is 2.00 bits per heavy atom. The average molecular weight is 198 g/mol. The number of rotatable bonds is 0. The smallest absolute Gasteiger partial charge is 0.159 e. The quantitative estimate of drug-likeness (QED) is 0.626. The van der Waals surface area contributed by atoms with Gasteiger partial charge in [-0.1, -0.05) is 30.3 Å². The number of allylic oxidation sites excluding steroid dienone is 2. The van der Waals surface area contributed by atoms with E-state index in [-0.39, 0.29) is 5.92 Å². The number of ketones is 1. The minimum Gasteiger partial charge on any atom is -0.295 e. The van der Waals surface area contributed by atoms with Gasteiger partial charge < -0.3 is 0 Å². The van der Waals surface area contributed by atoms with Gasteiger partial charge >= 0.3 is 0 Å². The third-order valence-electron chi connectivity index (χ3n) is 3.70. The summed E-state index contributed by atoms with van der Waals surface area (Å²) in [6, 6.07) is 8.58. The van der Waals surface area contributed by atoms with Crippen LogP contribution in [0.2, 0.25) is 0 Å². The van der Waals surface area contributed by atoms with Crippen LogP contribution in [0.25, 0.3) is 0 Å². The summed E-state index contributed by atoms with van der Waals surface area (Å²) in [7, 11) is 0. The number of fused-ring (bicyclic) bond motifs is 3. The zero-order valence-corrected chi connectivity index (χ0v) is 8.65. The zero-order valence-electron chi connectivity index (χ0n) is 8.65. The van der Waals surface area contributed by atoms with Crippen LogP contribution in [0, 0.1) is 5.92 Å². The van der Waals surface area contributed by atoms with Crippen LogP contribution in [0.1, 0.15) is 29.9 Å². The maximum atomic E-state index is 11.8. The van der Waals surface area contributed by atoms with Crippen LogP contribution in [0.3, 0.4) is 0 Å². The summed E-state index contributed by atoms with van der Waals surface area (Å²) in [5.41, 5.74) is 2.85. The van der Waals surface area contributed by atoms with E-state index < -0.39 is 0 Å². The third kappa shape index (κ3) is 1.34. The van der Waals surface area contributed by atoms with Crippen molar-refractivity contribution in [1.82, 2.24) is 0 Å². The molecule has 2 aliphatic carbocycles. The standard InChI is InChI=1S/C14H14O/c15-14-7-3-6-12-11-5-2-1-4-10(11)8-9-13(12)14/h1-5,7,12-13H,6,8-9H2/t12-,13-/m0/s1. The van der Waals surface area contributed by atoms with Gasteiger partial charge in [-0.3, -0.25) is 4.79 Å². The molecule has 0 heterocycles. The molecule has 0 aliphatic heterocycles. The molecule has 0 radical (unpaired) electrons. The van der Waals surface area contributed by atoms with E-state index >= 15 is 0 Å². The monoisotopic (exact) mass is 198 g/mol. The molecule has 0 saturated heterocycles. The summed E-state index contributed by atoms with van der Waals surface area (Å²) in [5.74, 6) is 1.04. The molecule has 1 aromatic carbocycles. The van der Waals surface area contributed by atoms with Crippen molar-refractivity contribution in [2.24, 2.45) is 5.92 Å². The molecule has 1 nitrogen and oxygen atoms in total. The van der Waals surface area contributed by atoms with E-state index in [9.17, 15) is 4.79 Å². The average Bonchev–Trinajstić information content (AvgIpc) is 2.29. The van der Waals surface area contributed by atoms with Crippen LogP contribution in [0.5, 0.6) is 0 Å². The SMILES string of the molecule is O=C1C=CC[C@H]2c3ccccc3CC[C@H]12. The molecule has 0 aromatic heterocycles. The molecule has 1 heteroatoms. The van der Waals surface area contributed by atoms with Crippen molar-refractivity contribution in [3.8, 4) is 0 Å². The second kappa shape index (κ2) is 3.34. The molecule has 2 atom stereocenters. The lowest BCUT2D eigenvalue weighted by atomic mass is 9.70. The molecule has 76 valence electrons. The van der Waals surface area contributed by atoms with Crippen LogP contribution in [0.15, 0.2) is 36.4 Å². The predicted octanol–water partition coefficient (Wildman–Crippen LogP) is 2.86. The van der Waals surface area contributed by atoms with Gasteiger partial charge in [0.2, 0.25) is 0 Å². The maximum Gasteiger partial charge on any atom is 0.159 e.